The largest absolute Gasteiger partial charge is 0.455 e. The Bertz CT molecular complexity index is 618. The lowest BCUT2D eigenvalue weighted by molar-refractivity contribution is 0.00578. The van der Waals surface area contributed by atoms with Crippen molar-refractivity contribution < 1.29 is 14.3 Å². The van der Waals surface area contributed by atoms with E-state index in [9.17, 15) is 4.79 Å². The van der Waals surface area contributed by atoms with Gasteiger partial charge >= 0.3 is 0 Å². The first-order valence-electron chi connectivity index (χ1n) is 6.89. The van der Waals surface area contributed by atoms with Crippen molar-refractivity contribution in [2.45, 2.75) is 38.9 Å². The molecule has 0 aliphatic carbocycles. The van der Waals surface area contributed by atoms with Crippen LogP contribution < -0.4 is 5.43 Å². The first-order valence-corrected chi connectivity index (χ1v) is 7.27. The summed E-state index contributed by atoms with van der Waals surface area (Å²) in [5.74, 6) is -0.0140. The fraction of sp³-hybridized carbons (Fsp3) is 0.375. The standard InChI is InChI=1S/C16H19ClN2O3/c1-15(2)16(3,4)22-13(21-15)9-10-18-19-14(20)11-7-5-6-8-12(11)17/h5-10H,1-4H3,(H,19,20). The highest BCUT2D eigenvalue weighted by Crippen LogP contribution is 2.39. The van der Waals surface area contributed by atoms with Crippen LogP contribution in [0.2, 0.25) is 5.02 Å². The molecule has 1 saturated heterocycles. The van der Waals surface area contributed by atoms with Crippen molar-refractivity contribution in [3.8, 4) is 0 Å². The third-order valence-corrected chi connectivity index (χ3v) is 4.06. The summed E-state index contributed by atoms with van der Waals surface area (Å²) in [6, 6.07) is 6.76. The van der Waals surface area contributed by atoms with Crippen molar-refractivity contribution in [3.05, 3.63) is 46.9 Å². The number of hydrazone groups is 1. The Morgan fingerprint density at radius 3 is 2.36 bits per heavy atom. The van der Waals surface area contributed by atoms with Crippen LogP contribution in [0.3, 0.4) is 0 Å². The molecule has 5 nitrogen and oxygen atoms in total. The zero-order valence-corrected chi connectivity index (χ0v) is 13.8. The molecule has 0 radical (unpaired) electrons. The number of carbonyl (C=O) groups excluding carboxylic acids is 1. The van der Waals surface area contributed by atoms with Gasteiger partial charge < -0.3 is 9.47 Å². The van der Waals surface area contributed by atoms with Crippen LogP contribution in [0.5, 0.6) is 0 Å². The Balaban J connectivity index is 1.96. The van der Waals surface area contributed by atoms with E-state index in [4.69, 9.17) is 21.1 Å². The number of halogens is 1. The second-order valence-corrected chi connectivity index (χ2v) is 6.32. The summed E-state index contributed by atoms with van der Waals surface area (Å²) >= 11 is 5.93. The molecule has 1 aliphatic rings. The van der Waals surface area contributed by atoms with Crippen molar-refractivity contribution in [2.24, 2.45) is 5.10 Å². The number of amides is 1. The number of nitrogens with zero attached hydrogens (tertiary/aromatic N) is 1. The monoisotopic (exact) mass is 322 g/mol. The van der Waals surface area contributed by atoms with Gasteiger partial charge in [-0.15, -0.1) is 0 Å². The first kappa shape index (κ1) is 16.4. The fourth-order valence-electron chi connectivity index (χ4n) is 1.74. The molecule has 1 heterocycles. The number of nitrogens with one attached hydrogen (secondary N) is 1. The molecule has 0 aromatic heterocycles. The van der Waals surface area contributed by atoms with Gasteiger partial charge in [0.05, 0.1) is 16.8 Å². The minimum atomic E-state index is -0.437. The molecule has 0 saturated carbocycles. The molecule has 1 aromatic carbocycles. The summed E-state index contributed by atoms with van der Waals surface area (Å²) in [6.45, 7) is 7.79. The second-order valence-electron chi connectivity index (χ2n) is 5.91. The zero-order chi connectivity index (χ0) is 16.4. The third kappa shape index (κ3) is 3.42. The van der Waals surface area contributed by atoms with E-state index in [1.807, 2.05) is 27.7 Å². The lowest BCUT2D eigenvalue weighted by Crippen LogP contribution is -2.41. The average molecular weight is 323 g/mol. The van der Waals surface area contributed by atoms with E-state index in [1.54, 1.807) is 30.3 Å². The van der Waals surface area contributed by atoms with Crippen LogP contribution in [-0.4, -0.2) is 23.3 Å². The number of hydrogen-bond donors (Lipinski definition) is 1. The Labute approximate surface area is 134 Å². The maximum absolute atomic E-state index is 11.9. The van der Waals surface area contributed by atoms with E-state index in [0.717, 1.165) is 0 Å². The summed E-state index contributed by atoms with van der Waals surface area (Å²) in [6.07, 6.45) is 2.96. The molecule has 1 N–H and O–H groups in total. The SMILES string of the molecule is CC1(C)OC(=CC=NNC(=O)c2ccccc2Cl)OC1(C)C. The molecule has 2 rings (SSSR count). The van der Waals surface area contributed by atoms with Crippen LogP contribution in [0.15, 0.2) is 41.4 Å². The molecule has 1 amide bonds. The van der Waals surface area contributed by atoms with Gasteiger partial charge in [0, 0.05) is 6.08 Å². The number of carbonyl (C=O) groups is 1. The van der Waals surface area contributed by atoms with Gasteiger partial charge in [0.2, 0.25) is 0 Å². The zero-order valence-electron chi connectivity index (χ0n) is 13.0. The number of benzene rings is 1. The minimum Gasteiger partial charge on any atom is -0.455 e. The summed E-state index contributed by atoms with van der Waals surface area (Å²) in [7, 11) is 0. The highest BCUT2D eigenvalue weighted by molar-refractivity contribution is 6.33. The molecule has 1 aromatic rings. The van der Waals surface area contributed by atoms with Gasteiger partial charge in [-0.05, 0) is 39.8 Å². The number of allylic oxidation sites excluding steroid dienone is 1. The molecule has 0 bridgehead atoms. The van der Waals surface area contributed by atoms with Gasteiger partial charge in [-0.3, -0.25) is 4.79 Å². The number of hydrogen-bond acceptors (Lipinski definition) is 4. The van der Waals surface area contributed by atoms with E-state index in [1.165, 1.54) is 6.21 Å². The van der Waals surface area contributed by atoms with Crippen molar-refractivity contribution in [1.82, 2.24) is 5.43 Å². The average Bonchev–Trinajstić information content (AvgIpc) is 2.63. The van der Waals surface area contributed by atoms with E-state index in [2.05, 4.69) is 10.5 Å². The lowest BCUT2D eigenvalue weighted by atomic mass is 9.90. The van der Waals surface area contributed by atoms with Gasteiger partial charge in [0.15, 0.2) is 0 Å². The van der Waals surface area contributed by atoms with Crippen molar-refractivity contribution in [1.29, 1.82) is 0 Å². The predicted molar refractivity (Wildman–Crippen MR) is 85.8 cm³/mol. The quantitative estimate of drug-likeness (QED) is 0.684. The van der Waals surface area contributed by atoms with Crippen molar-refractivity contribution in [3.63, 3.8) is 0 Å². The van der Waals surface area contributed by atoms with E-state index in [-0.39, 0.29) is 5.91 Å². The van der Waals surface area contributed by atoms with Crippen LogP contribution in [-0.2, 0) is 9.47 Å². The highest BCUT2D eigenvalue weighted by atomic mass is 35.5. The Hall–Kier alpha value is -2.01. The van der Waals surface area contributed by atoms with Crippen LogP contribution in [0.4, 0.5) is 0 Å². The summed E-state index contributed by atoms with van der Waals surface area (Å²) in [5.41, 5.74) is 1.89. The summed E-state index contributed by atoms with van der Waals surface area (Å²) in [4.78, 5) is 11.9. The fourth-order valence-corrected chi connectivity index (χ4v) is 1.96. The molecule has 1 aliphatic heterocycles. The van der Waals surface area contributed by atoms with Gasteiger partial charge in [-0.25, -0.2) is 5.43 Å². The maximum Gasteiger partial charge on any atom is 0.282 e. The predicted octanol–water partition coefficient (Wildman–Crippen LogP) is 3.50. The highest BCUT2D eigenvalue weighted by Gasteiger charge is 2.48. The van der Waals surface area contributed by atoms with Gasteiger partial charge in [0.25, 0.3) is 11.9 Å². The first-order chi connectivity index (χ1) is 10.2. The molecule has 0 unspecified atom stereocenters. The van der Waals surface area contributed by atoms with Crippen LogP contribution in [0.25, 0.3) is 0 Å². The topological polar surface area (TPSA) is 59.9 Å². The molecular weight excluding hydrogens is 304 g/mol. The normalized spacial score (nSPS) is 18.7. The Morgan fingerprint density at radius 1 is 1.18 bits per heavy atom. The summed E-state index contributed by atoms with van der Waals surface area (Å²) in [5, 5.41) is 4.20. The van der Waals surface area contributed by atoms with Crippen LogP contribution in [0, 0.1) is 0 Å². The Morgan fingerprint density at radius 2 is 1.77 bits per heavy atom. The maximum atomic E-state index is 11.9. The van der Waals surface area contributed by atoms with Gasteiger partial charge in [0.1, 0.15) is 11.2 Å². The molecule has 1 fully saturated rings. The van der Waals surface area contributed by atoms with E-state index < -0.39 is 11.2 Å². The molecule has 118 valence electrons. The lowest BCUT2D eigenvalue weighted by Gasteiger charge is -2.28. The van der Waals surface area contributed by atoms with Gasteiger partial charge in [-0.1, -0.05) is 23.7 Å². The van der Waals surface area contributed by atoms with Crippen LogP contribution >= 0.6 is 11.6 Å². The van der Waals surface area contributed by atoms with Crippen molar-refractivity contribution in [2.75, 3.05) is 0 Å². The number of ether oxygens (including phenoxy) is 2. The molecule has 0 atom stereocenters. The Kier molecular flexibility index (Phi) is 4.47. The number of rotatable bonds is 3. The third-order valence-electron chi connectivity index (χ3n) is 3.73. The van der Waals surface area contributed by atoms with E-state index >= 15 is 0 Å². The van der Waals surface area contributed by atoms with Crippen molar-refractivity contribution >= 4 is 23.7 Å². The second kappa shape index (κ2) is 6.01. The molecular formula is C16H19ClN2O3. The minimum absolute atomic E-state index is 0.365. The van der Waals surface area contributed by atoms with E-state index in [0.29, 0.717) is 16.5 Å². The van der Waals surface area contributed by atoms with Gasteiger partial charge in [-0.2, -0.15) is 5.10 Å². The molecule has 0 spiro atoms. The molecule has 22 heavy (non-hydrogen) atoms. The summed E-state index contributed by atoms with van der Waals surface area (Å²) < 4.78 is 11.4. The van der Waals surface area contributed by atoms with Crippen LogP contribution in [0.1, 0.15) is 38.1 Å². The molecule has 6 heteroatoms. The smallest absolute Gasteiger partial charge is 0.282 e.